The lowest BCUT2D eigenvalue weighted by Gasteiger charge is -2.47. The molecule has 0 aromatic heterocycles. The van der Waals surface area contributed by atoms with E-state index in [-0.39, 0.29) is 0 Å². The van der Waals surface area contributed by atoms with Gasteiger partial charge in [0.2, 0.25) is 0 Å². The van der Waals surface area contributed by atoms with Gasteiger partial charge in [0.1, 0.15) is 0 Å². The Morgan fingerprint density at radius 3 is 2.53 bits per heavy atom. The Kier molecular flexibility index (Phi) is 4.48. The highest BCUT2D eigenvalue weighted by Crippen LogP contribution is 2.32. The first-order valence-electron chi connectivity index (χ1n) is 8.69. The zero-order valence-electron chi connectivity index (χ0n) is 12.9. The molecule has 0 amide bonds. The third-order valence-electron chi connectivity index (χ3n) is 5.69. The minimum Gasteiger partial charge on any atom is -0.310 e. The summed E-state index contributed by atoms with van der Waals surface area (Å²) < 4.78 is 0. The summed E-state index contributed by atoms with van der Waals surface area (Å²) in [7, 11) is 0. The van der Waals surface area contributed by atoms with Gasteiger partial charge in [-0.3, -0.25) is 0 Å². The molecule has 3 aliphatic heterocycles. The van der Waals surface area contributed by atoms with Crippen LogP contribution >= 0.6 is 0 Å². The van der Waals surface area contributed by atoms with Crippen LogP contribution in [-0.2, 0) is 0 Å². The van der Waals surface area contributed by atoms with Gasteiger partial charge in [-0.1, -0.05) is 26.7 Å². The van der Waals surface area contributed by atoms with E-state index in [2.05, 4.69) is 24.1 Å². The molecule has 19 heavy (non-hydrogen) atoms. The Morgan fingerprint density at radius 1 is 1.11 bits per heavy atom. The number of piperidine rings is 3. The van der Waals surface area contributed by atoms with E-state index in [1.807, 2.05) is 0 Å². The number of nitrogens with zero attached hydrogens (tertiary/aromatic N) is 1. The molecule has 3 unspecified atom stereocenters. The molecule has 0 radical (unpaired) electrons. The number of fused-ring (bicyclic) bond motifs is 3. The lowest BCUT2D eigenvalue weighted by Crippen LogP contribution is -2.58. The van der Waals surface area contributed by atoms with Crippen LogP contribution in [0.2, 0.25) is 0 Å². The molecule has 1 N–H and O–H groups in total. The van der Waals surface area contributed by atoms with Gasteiger partial charge in [-0.25, -0.2) is 0 Å². The first-order chi connectivity index (χ1) is 9.20. The maximum Gasteiger partial charge on any atom is 0.0226 e. The molecule has 0 aromatic carbocycles. The van der Waals surface area contributed by atoms with E-state index in [1.165, 1.54) is 64.6 Å². The molecule has 1 saturated carbocycles. The number of hydrogen-bond donors (Lipinski definition) is 1. The standard InChI is InChI=1S/C17H32N2/c1-13(2)10-14-4-3-5-16(11-14)18-17-12-19-8-6-15(17)7-9-19/h13-18H,3-12H2,1-2H3. The molecule has 2 nitrogen and oxygen atoms in total. The first-order valence-corrected chi connectivity index (χ1v) is 8.69. The van der Waals surface area contributed by atoms with Crippen LogP contribution in [0, 0.1) is 17.8 Å². The highest BCUT2D eigenvalue weighted by molar-refractivity contribution is 4.93. The summed E-state index contributed by atoms with van der Waals surface area (Å²) in [6, 6.07) is 1.63. The van der Waals surface area contributed by atoms with Crippen molar-refractivity contribution in [1.82, 2.24) is 10.2 Å². The smallest absolute Gasteiger partial charge is 0.0226 e. The first kappa shape index (κ1) is 13.9. The molecule has 2 bridgehead atoms. The van der Waals surface area contributed by atoms with E-state index in [0.29, 0.717) is 0 Å². The molecule has 3 heterocycles. The lowest BCUT2D eigenvalue weighted by atomic mass is 9.79. The number of hydrogen-bond acceptors (Lipinski definition) is 2. The van der Waals surface area contributed by atoms with Crippen molar-refractivity contribution in [2.75, 3.05) is 19.6 Å². The Morgan fingerprint density at radius 2 is 1.89 bits per heavy atom. The maximum atomic E-state index is 4.05. The molecular formula is C17H32N2. The summed E-state index contributed by atoms with van der Waals surface area (Å²) in [5.74, 6) is 2.85. The summed E-state index contributed by atoms with van der Waals surface area (Å²) >= 11 is 0. The summed E-state index contributed by atoms with van der Waals surface area (Å²) in [5, 5.41) is 4.05. The van der Waals surface area contributed by atoms with Crippen molar-refractivity contribution in [3.05, 3.63) is 0 Å². The molecule has 2 heteroatoms. The lowest BCUT2D eigenvalue weighted by molar-refractivity contribution is 0.0612. The summed E-state index contributed by atoms with van der Waals surface area (Å²) in [6.07, 6.45) is 10.1. The Hall–Kier alpha value is -0.0800. The average molecular weight is 264 g/mol. The molecule has 0 spiro atoms. The summed E-state index contributed by atoms with van der Waals surface area (Å²) in [5.41, 5.74) is 0. The number of nitrogens with one attached hydrogen (secondary N) is 1. The van der Waals surface area contributed by atoms with Crippen LogP contribution in [0.5, 0.6) is 0 Å². The molecule has 110 valence electrons. The highest BCUT2D eigenvalue weighted by atomic mass is 15.2. The van der Waals surface area contributed by atoms with Gasteiger partial charge >= 0.3 is 0 Å². The summed E-state index contributed by atoms with van der Waals surface area (Å²) in [4.78, 5) is 2.67. The maximum absolute atomic E-state index is 4.05. The monoisotopic (exact) mass is 264 g/mol. The predicted octanol–water partition coefficient (Wildman–Crippen LogP) is 3.28. The van der Waals surface area contributed by atoms with Crippen LogP contribution in [0.4, 0.5) is 0 Å². The van der Waals surface area contributed by atoms with Crippen molar-refractivity contribution in [2.24, 2.45) is 17.8 Å². The minimum atomic E-state index is 0.810. The fourth-order valence-electron chi connectivity index (χ4n) is 4.78. The van der Waals surface area contributed by atoms with Gasteiger partial charge in [0, 0.05) is 18.6 Å². The molecule has 4 aliphatic rings. The van der Waals surface area contributed by atoms with Crippen molar-refractivity contribution in [3.8, 4) is 0 Å². The van der Waals surface area contributed by atoms with Gasteiger partial charge < -0.3 is 10.2 Å². The Balaban J connectivity index is 1.49. The van der Waals surface area contributed by atoms with E-state index >= 15 is 0 Å². The highest BCUT2D eigenvalue weighted by Gasteiger charge is 2.35. The topological polar surface area (TPSA) is 15.3 Å². The zero-order valence-corrected chi connectivity index (χ0v) is 12.9. The fourth-order valence-corrected chi connectivity index (χ4v) is 4.78. The van der Waals surface area contributed by atoms with Crippen molar-refractivity contribution in [3.63, 3.8) is 0 Å². The van der Waals surface area contributed by atoms with Gasteiger partial charge in [0.05, 0.1) is 0 Å². The van der Waals surface area contributed by atoms with E-state index in [1.54, 1.807) is 0 Å². The average Bonchev–Trinajstić information content (AvgIpc) is 2.39. The van der Waals surface area contributed by atoms with Crippen LogP contribution in [-0.4, -0.2) is 36.6 Å². The third-order valence-corrected chi connectivity index (χ3v) is 5.69. The van der Waals surface area contributed by atoms with E-state index in [4.69, 9.17) is 0 Å². The van der Waals surface area contributed by atoms with E-state index in [9.17, 15) is 0 Å². The zero-order chi connectivity index (χ0) is 13.2. The largest absolute Gasteiger partial charge is 0.310 e. The van der Waals surface area contributed by atoms with Gasteiger partial charge in [0.25, 0.3) is 0 Å². The fraction of sp³-hybridized carbons (Fsp3) is 1.00. The molecule has 3 saturated heterocycles. The minimum absolute atomic E-state index is 0.810. The van der Waals surface area contributed by atoms with Crippen LogP contribution in [0.25, 0.3) is 0 Å². The molecule has 3 atom stereocenters. The molecule has 1 aliphatic carbocycles. The quantitative estimate of drug-likeness (QED) is 0.838. The molecule has 0 aromatic rings. The molecule has 4 fully saturated rings. The van der Waals surface area contributed by atoms with E-state index in [0.717, 1.165) is 29.8 Å². The van der Waals surface area contributed by atoms with Gasteiger partial charge in [0.15, 0.2) is 0 Å². The molecular weight excluding hydrogens is 232 g/mol. The SMILES string of the molecule is CC(C)CC1CCCC(NC2CN3CCC2CC3)C1. The Bertz CT molecular complexity index is 281. The van der Waals surface area contributed by atoms with Crippen molar-refractivity contribution < 1.29 is 0 Å². The second-order valence-electron chi connectivity index (χ2n) is 7.77. The van der Waals surface area contributed by atoms with Crippen LogP contribution in [0.15, 0.2) is 0 Å². The van der Waals surface area contributed by atoms with E-state index < -0.39 is 0 Å². The second kappa shape index (κ2) is 6.13. The third kappa shape index (κ3) is 3.52. The van der Waals surface area contributed by atoms with Gasteiger partial charge in [-0.05, 0) is 62.9 Å². The van der Waals surface area contributed by atoms with Crippen molar-refractivity contribution in [2.45, 2.75) is 70.9 Å². The Labute approximate surface area is 119 Å². The van der Waals surface area contributed by atoms with Crippen molar-refractivity contribution >= 4 is 0 Å². The van der Waals surface area contributed by atoms with Crippen LogP contribution < -0.4 is 5.32 Å². The van der Waals surface area contributed by atoms with Crippen LogP contribution in [0.1, 0.15) is 58.8 Å². The predicted molar refractivity (Wildman–Crippen MR) is 81.3 cm³/mol. The number of rotatable bonds is 4. The molecule has 4 rings (SSSR count). The second-order valence-corrected chi connectivity index (χ2v) is 7.77. The normalized spacial score (nSPS) is 42.8. The van der Waals surface area contributed by atoms with Gasteiger partial charge in [-0.15, -0.1) is 0 Å². The summed E-state index contributed by atoms with van der Waals surface area (Å²) in [6.45, 7) is 8.82. The van der Waals surface area contributed by atoms with Crippen molar-refractivity contribution in [1.29, 1.82) is 0 Å². The van der Waals surface area contributed by atoms with Crippen LogP contribution in [0.3, 0.4) is 0 Å². The van der Waals surface area contributed by atoms with Gasteiger partial charge in [-0.2, -0.15) is 0 Å².